The Kier molecular flexibility index (Phi) is 6.32. The van der Waals surface area contributed by atoms with Gasteiger partial charge in [-0.3, -0.25) is 9.59 Å². The van der Waals surface area contributed by atoms with Crippen molar-refractivity contribution in [2.75, 3.05) is 5.75 Å². The van der Waals surface area contributed by atoms with Crippen LogP contribution in [0.1, 0.15) is 29.8 Å². The van der Waals surface area contributed by atoms with Gasteiger partial charge in [0, 0.05) is 12.5 Å². The van der Waals surface area contributed by atoms with Crippen LogP contribution in [-0.4, -0.2) is 32.0 Å². The Bertz CT molecular complexity index is 870. The third-order valence-electron chi connectivity index (χ3n) is 4.09. The summed E-state index contributed by atoms with van der Waals surface area (Å²) in [5, 5.41) is 0. The van der Waals surface area contributed by atoms with E-state index in [0.29, 0.717) is 5.56 Å². The Morgan fingerprint density at radius 3 is 2.12 bits per heavy atom. The summed E-state index contributed by atoms with van der Waals surface area (Å²) in [6.45, 7) is 4.63. The smallest absolute Gasteiger partial charge is 0.302 e. The molecular weight excluding hydrogens is 352 g/mol. The second kappa shape index (κ2) is 8.27. The monoisotopic (exact) mass is 374 g/mol. The predicted octanol–water partition coefficient (Wildman–Crippen LogP) is 3.22. The maximum atomic E-state index is 12.9. The highest BCUT2D eigenvalue weighted by atomic mass is 32.2. The fourth-order valence-electron chi connectivity index (χ4n) is 2.66. The molecule has 2 aromatic carbocycles. The number of rotatable bonds is 7. The summed E-state index contributed by atoms with van der Waals surface area (Å²) in [5.41, 5.74) is 1.32. The van der Waals surface area contributed by atoms with E-state index in [9.17, 15) is 18.0 Å². The van der Waals surface area contributed by atoms with Gasteiger partial charge >= 0.3 is 5.97 Å². The molecule has 0 N–H and O–H groups in total. The Morgan fingerprint density at radius 1 is 1.00 bits per heavy atom. The van der Waals surface area contributed by atoms with Gasteiger partial charge in [-0.2, -0.15) is 0 Å². The zero-order chi connectivity index (χ0) is 19.3. The minimum absolute atomic E-state index is 0.143. The number of hydrogen-bond donors (Lipinski definition) is 0. The fourth-order valence-corrected chi connectivity index (χ4v) is 4.30. The normalized spacial score (nSPS) is 13.7. The Hall–Kier alpha value is -2.47. The molecule has 0 radical (unpaired) electrons. The first kappa shape index (κ1) is 19.8. The molecule has 0 aromatic heterocycles. The van der Waals surface area contributed by atoms with E-state index in [4.69, 9.17) is 4.74 Å². The summed E-state index contributed by atoms with van der Waals surface area (Å²) in [4.78, 5) is 24.3. The standard InChI is InChI=1S/C20H22O5S/c1-14-9-11-18(12-10-14)26(23,24)13-19(15(2)25-16(3)21)20(22)17-7-5-4-6-8-17/h4-12,15,19H,13H2,1-3H3/t15-,19-/m1/s1. The quantitative estimate of drug-likeness (QED) is 0.549. The van der Waals surface area contributed by atoms with Gasteiger partial charge in [-0.25, -0.2) is 8.42 Å². The van der Waals surface area contributed by atoms with Gasteiger partial charge in [0.15, 0.2) is 15.6 Å². The van der Waals surface area contributed by atoms with Crippen LogP contribution in [0.3, 0.4) is 0 Å². The number of carbonyl (C=O) groups excluding carboxylic acids is 2. The highest BCUT2D eigenvalue weighted by molar-refractivity contribution is 7.91. The lowest BCUT2D eigenvalue weighted by Crippen LogP contribution is -2.35. The lowest BCUT2D eigenvalue weighted by Gasteiger charge is -2.22. The lowest BCUT2D eigenvalue weighted by atomic mass is 9.95. The molecular formula is C20H22O5S. The fraction of sp³-hybridized carbons (Fsp3) is 0.300. The highest BCUT2D eigenvalue weighted by Crippen LogP contribution is 2.22. The third-order valence-corrected chi connectivity index (χ3v) is 5.88. The summed E-state index contributed by atoms with van der Waals surface area (Å²) < 4.78 is 30.7. The summed E-state index contributed by atoms with van der Waals surface area (Å²) in [5.74, 6) is -2.35. The number of ketones is 1. The molecule has 0 aliphatic rings. The van der Waals surface area contributed by atoms with Gasteiger partial charge in [-0.1, -0.05) is 48.0 Å². The van der Waals surface area contributed by atoms with Crippen LogP contribution in [0.4, 0.5) is 0 Å². The van der Waals surface area contributed by atoms with Crippen LogP contribution < -0.4 is 0 Å². The third kappa shape index (κ3) is 5.02. The van der Waals surface area contributed by atoms with Crippen LogP contribution in [0.15, 0.2) is 59.5 Å². The molecule has 0 bridgehead atoms. The van der Waals surface area contributed by atoms with Crippen molar-refractivity contribution < 1.29 is 22.7 Å². The number of esters is 1. The molecule has 2 rings (SSSR count). The highest BCUT2D eigenvalue weighted by Gasteiger charge is 2.33. The molecule has 6 heteroatoms. The summed E-state index contributed by atoms with van der Waals surface area (Å²) >= 11 is 0. The molecule has 26 heavy (non-hydrogen) atoms. The van der Waals surface area contributed by atoms with E-state index in [1.54, 1.807) is 42.5 Å². The van der Waals surface area contributed by atoms with Gasteiger partial charge < -0.3 is 4.74 Å². The first-order chi connectivity index (χ1) is 12.2. The molecule has 2 aromatic rings. The largest absolute Gasteiger partial charge is 0.462 e. The van der Waals surface area contributed by atoms with Crippen molar-refractivity contribution in [3.8, 4) is 0 Å². The number of benzene rings is 2. The molecule has 5 nitrogen and oxygen atoms in total. The van der Waals surface area contributed by atoms with Crippen LogP contribution in [0.25, 0.3) is 0 Å². The SMILES string of the molecule is CC(=O)O[C@H](C)[C@@H](CS(=O)(=O)c1ccc(C)cc1)C(=O)c1ccccc1. The maximum absolute atomic E-state index is 12.9. The van der Waals surface area contributed by atoms with Crippen molar-refractivity contribution in [1.82, 2.24) is 0 Å². The molecule has 0 saturated heterocycles. The van der Waals surface area contributed by atoms with Gasteiger partial charge in [-0.15, -0.1) is 0 Å². The van der Waals surface area contributed by atoms with E-state index in [0.717, 1.165) is 5.56 Å². The molecule has 0 saturated carbocycles. The molecule has 0 spiro atoms. The van der Waals surface area contributed by atoms with Crippen LogP contribution in [0, 0.1) is 12.8 Å². The van der Waals surface area contributed by atoms with Crippen molar-refractivity contribution >= 4 is 21.6 Å². The maximum Gasteiger partial charge on any atom is 0.302 e. The van der Waals surface area contributed by atoms with Crippen molar-refractivity contribution in [2.24, 2.45) is 5.92 Å². The summed E-state index contributed by atoms with van der Waals surface area (Å²) in [7, 11) is -3.72. The van der Waals surface area contributed by atoms with Crippen molar-refractivity contribution in [3.63, 3.8) is 0 Å². The van der Waals surface area contributed by atoms with Crippen LogP contribution in [-0.2, 0) is 19.4 Å². The van der Waals surface area contributed by atoms with Crippen LogP contribution in [0.5, 0.6) is 0 Å². The molecule has 0 unspecified atom stereocenters. The molecule has 0 amide bonds. The first-order valence-electron chi connectivity index (χ1n) is 8.26. The Labute approximate surface area is 153 Å². The molecule has 0 aliphatic carbocycles. The number of carbonyl (C=O) groups is 2. The van der Waals surface area contributed by atoms with E-state index >= 15 is 0 Å². The second-order valence-electron chi connectivity index (χ2n) is 6.25. The lowest BCUT2D eigenvalue weighted by molar-refractivity contribution is -0.146. The van der Waals surface area contributed by atoms with Crippen molar-refractivity contribution in [2.45, 2.75) is 31.8 Å². The van der Waals surface area contributed by atoms with Gasteiger partial charge in [0.05, 0.1) is 16.6 Å². The molecule has 2 atom stereocenters. The van der Waals surface area contributed by atoms with Crippen molar-refractivity contribution in [3.05, 3.63) is 65.7 Å². The number of hydrogen-bond acceptors (Lipinski definition) is 5. The zero-order valence-electron chi connectivity index (χ0n) is 15.0. The van der Waals surface area contributed by atoms with E-state index in [2.05, 4.69) is 0 Å². The minimum atomic E-state index is -3.72. The Morgan fingerprint density at radius 2 is 1.58 bits per heavy atom. The van der Waals surface area contributed by atoms with E-state index in [1.807, 2.05) is 6.92 Å². The molecule has 0 heterocycles. The number of aryl methyl sites for hydroxylation is 1. The summed E-state index contributed by atoms with van der Waals surface area (Å²) in [6, 6.07) is 14.9. The predicted molar refractivity (Wildman–Crippen MR) is 98.7 cm³/mol. The van der Waals surface area contributed by atoms with Gasteiger partial charge in [0.2, 0.25) is 0 Å². The van der Waals surface area contributed by atoms with Crippen molar-refractivity contribution in [1.29, 1.82) is 0 Å². The average Bonchev–Trinajstić information content (AvgIpc) is 2.59. The second-order valence-corrected chi connectivity index (χ2v) is 8.28. The molecule has 138 valence electrons. The zero-order valence-corrected chi connectivity index (χ0v) is 15.8. The van der Waals surface area contributed by atoms with Crippen LogP contribution in [0.2, 0.25) is 0 Å². The first-order valence-corrected chi connectivity index (χ1v) is 9.92. The average molecular weight is 374 g/mol. The van der Waals surface area contributed by atoms with Gasteiger partial charge in [-0.05, 0) is 26.0 Å². The number of ether oxygens (including phenoxy) is 1. The van der Waals surface area contributed by atoms with E-state index in [-0.39, 0.29) is 10.7 Å². The molecule has 0 fully saturated rings. The Balaban J connectivity index is 2.35. The minimum Gasteiger partial charge on any atom is -0.462 e. The van der Waals surface area contributed by atoms with Crippen LogP contribution >= 0.6 is 0 Å². The van der Waals surface area contributed by atoms with Gasteiger partial charge in [0.1, 0.15) is 6.10 Å². The summed E-state index contributed by atoms with van der Waals surface area (Å²) in [6.07, 6.45) is -0.861. The molecule has 0 aliphatic heterocycles. The topological polar surface area (TPSA) is 77.5 Å². The number of Topliss-reactive ketones (excluding diaryl/α,β-unsaturated/α-hetero) is 1. The van der Waals surface area contributed by atoms with E-state index in [1.165, 1.54) is 26.0 Å². The van der Waals surface area contributed by atoms with Gasteiger partial charge in [0.25, 0.3) is 0 Å². The van der Waals surface area contributed by atoms with E-state index < -0.39 is 33.6 Å². The number of sulfone groups is 1.